The third kappa shape index (κ3) is 20.7. The Morgan fingerprint density at radius 3 is 1.21 bits per heavy atom. The second-order valence-corrected chi connectivity index (χ2v) is 10.8. The van der Waals surface area contributed by atoms with Gasteiger partial charge in [0.15, 0.2) is 0 Å². The van der Waals surface area contributed by atoms with Gasteiger partial charge in [0.2, 0.25) is 0 Å². The number of hydrogen-bond acceptors (Lipinski definition) is 3. The van der Waals surface area contributed by atoms with Gasteiger partial charge in [-0.2, -0.15) is 0 Å². The van der Waals surface area contributed by atoms with Crippen LogP contribution >= 0.6 is 8.60 Å². The normalized spacial score (nSPS) is 11.4. The standard InChI is InChI=1S/C30H55O3P/c1-3-5-7-9-11-13-15-17-19-24-28-31-34(33-30-26-22-21-23-27-30)32-29-25-20-18-16-14-12-10-8-6-4-2/h21-23,26-27H,3-20,24-25,28-29H2,1-2H3. The first-order valence-electron chi connectivity index (χ1n) is 14.7. The van der Waals surface area contributed by atoms with E-state index in [2.05, 4.69) is 13.8 Å². The summed E-state index contributed by atoms with van der Waals surface area (Å²) in [5.41, 5.74) is 0. The Hall–Kier alpha value is -0.630. The van der Waals surface area contributed by atoms with Crippen LogP contribution in [-0.4, -0.2) is 13.2 Å². The topological polar surface area (TPSA) is 27.7 Å². The molecule has 0 unspecified atom stereocenters. The molecule has 0 aliphatic rings. The third-order valence-electron chi connectivity index (χ3n) is 6.31. The molecule has 0 heterocycles. The van der Waals surface area contributed by atoms with Crippen LogP contribution in [0.2, 0.25) is 0 Å². The molecule has 0 saturated heterocycles. The van der Waals surface area contributed by atoms with E-state index < -0.39 is 8.60 Å². The maximum Gasteiger partial charge on any atom is 0.397 e. The molecule has 0 N–H and O–H groups in total. The molecule has 4 heteroatoms. The second-order valence-electron chi connectivity index (χ2n) is 9.66. The van der Waals surface area contributed by atoms with Crippen molar-refractivity contribution in [3.8, 4) is 5.75 Å². The van der Waals surface area contributed by atoms with E-state index in [1.165, 1.54) is 116 Å². The van der Waals surface area contributed by atoms with Crippen molar-refractivity contribution in [2.24, 2.45) is 0 Å². The van der Waals surface area contributed by atoms with E-state index in [1.54, 1.807) is 0 Å². The summed E-state index contributed by atoms with van der Waals surface area (Å²) in [6.07, 6.45) is 26.7. The van der Waals surface area contributed by atoms with E-state index in [1.807, 2.05) is 30.3 Å². The molecule has 0 aliphatic heterocycles. The first kappa shape index (κ1) is 31.4. The number of hydrogen-bond donors (Lipinski definition) is 0. The molecule has 34 heavy (non-hydrogen) atoms. The van der Waals surface area contributed by atoms with Gasteiger partial charge < -0.3 is 13.6 Å². The zero-order valence-electron chi connectivity index (χ0n) is 22.6. The minimum atomic E-state index is -1.31. The highest BCUT2D eigenvalue weighted by atomic mass is 31.2. The SMILES string of the molecule is CCCCCCCCCCCCOP(OCCCCCCCCCCCC)Oc1ccccc1. The predicted molar refractivity (Wildman–Crippen MR) is 150 cm³/mol. The monoisotopic (exact) mass is 494 g/mol. The first-order chi connectivity index (χ1) is 16.9. The highest BCUT2D eigenvalue weighted by Crippen LogP contribution is 2.41. The summed E-state index contributed by atoms with van der Waals surface area (Å²) in [5.74, 6) is 0.833. The van der Waals surface area contributed by atoms with E-state index in [-0.39, 0.29) is 0 Å². The minimum absolute atomic E-state index is 0.729. The summed E-state index contributed by atoms with van der Waals surface area (Å²) in [5, 5.41) is 0. The molecule has 0 atom stereocenters. The van der Waals surface area contributed by atoms with Crippen LogP contribution < -0.4 is 4.52 Å². The molecule has 198 valence electrons. The molecule has 0 radical (unpaired) electrons. The van der Waals surface area contributed by atoms with Gasteiger partial charge in [0.05, 0.1) is 13.2 Å². The molecule has 3 nitrogen and oxygen atoms in total. The lowest BCUT2D eigenvalue weighted by Gasteiger charge is -2.17. The van der Waals surface area contributed by atoms with Crippen molar-refractivity contribution in [1.29, 1.82) is 0 Å². The largest absolute Gasteiger partial charge is 0.427 e. The van der Waals surface area contributed by atoms with Crippen LogP contribution in [0.3, 0.4) is 0 Å². The Morgan fingerprint density at radius 1 is 0.471 bits per heavy atom. The van der Waals surface area contributed by atoms with E-state index >= 15 is 0 Å². The van der Waals surface area contributed by atoms with Crippen LogP contribution in [0.15, 0.2) is 30.3 Å². The fourth-order valence-electron chi connectivity index (χ4n) is 4.11. The quantitative estimate of drug-likeness (QED) is 0.0946. The van der Waals surface area contributed by atoms with Gasteiger partial charge in [-0.25, -0.2) is 0 Å². The van der Waals surface area contributed by atoms with Gasteiger partial charge in [-0.1, -0.05) is 148 Å². The summed E-state index contributed by atoms with van der Waals surface area (Å²) in [6, 6.07) is 9.94. The zero-order valence-corrected chi connectivity index (χ0v) is 23.5. The Labute approximate surface area is 213 Å². The summed E-state index contributed by atoms with van der Waals surface area (Å²) in [4.78, 5) is 0. The lowest BCUT2D eigenvalue weighted by Crippen LogP contribution is -2.01. The van der Waals surface area contributed by atoms with Crippen molar-refractivity contribution in [3.05, 3.63) is 30.3 Å². The summed E-state index contributed by atoms with van der Waals surface area (Å²) < 4.78 is 18.1. The van der Waals surface area contributed by atoms with Crippen LogP contribution in [-0.2, 0) is 9.05 Å². The molecular formula is C30H55O3P. The molecule has 0 bridgehead atoms. The van der Waals surface area contributed by atoms with E-state index in [0.29, 0.717) is 0 Å². The van der Waals surface area contributed by atoms with Crippen LogP contribution in [0.4, 0.5) is 0 Å². The highest BCUT2D eigenvalue weighted by molar-refractivity contribution is 7.42. The Balaban J connectivity index is 2.08. The molecular weight excluding hydrogens is 439 g/mol. The molecule has 0 aromatic heterocycles. The zero-order chi connectivity index (χ0) is 24.4. The highest BCUT2D eigenvalue weighted by Gasteiger charge is 2.14. The first-order valence-corrected chi connectivity index (χ1v) is 15.7. The van der Waals surface area contributed by atoms with Crippen LogP contribution in [0, 0.1) is 0 Å². The average Bonchev–Trinajstić information content (AvgIpc) is 2.86. The number of unbranched alkanes of at least 4 members (excludes halogenated alkanes) is 18. The van der Waals surface area contributed by atoms with Gasteiger partial charge in [-0.15, -0.1) is 0 Å². The second kappa shape index (κ2) is 25.5. The molecule has 0 spiro atoms. The van der Waals surface area contributed by atoms with Crippen molar-refractivity contribution in [2.45, 2.75) is 142 Å². The Morgan fingerprint density at radius 2 is 0.824 bits per heavy atom. The van der Waals surface area contributed by atoms with Gasteiger partial charge in [0.1, 0.15) is 5.75 Å². The maximum absolute atomic E-state index is 6.03. The van der Waals surface area contributed by atoms with E-state index in [0.717, 1.165) is 31.8 Å². The van der Waals surface area contributed by atoms with Crippen molar-refractivity contribution in [1.82, 2.24) is 0 Å². The Kier molecular flexibility index (Phi) is 23.5. The molecule has 0 fully saturated rings. The molecule has 1 aromatic rings. The van der Waals surface area contributed by atoms with Crippen LogP contribution in [0.1, 0.15) is 142 Å². The van der Waals surface area contributed by atoms with Gasteiger partial charge in [-0.3, -0.25) is 0 Å². The lowest BCUT2D eigenvalue weighted by molar-refractivity contribution is 0.198. The third-order valence-corrected chi connectivity index (χ3v) is 7.46. The molecule has 0 amide bonds. The van der Waals surface area contributed by atoms with Crippen molar-refractivity contribution >= 4 is 8.60 Å². The molecule has 1 rings (SSSR count). The Bertz CT molecular complexity index is 485. The summed E-state index contributed by atoms with van der Waals surface area (Å²) in [6.45, 7) is 6.02. The van der Waals surface area contributed by atoms with Gasteiger partial charge in [0.25, 0.3) is 0 Å². The van der Waals surface area contributed by atoms with Gasteiger partial charge in [0, 0.05) is 0 Å². The minimum Gasteiger partial charge on any atom is -0.427 e. The predicted octanol–water partition coefficient (Wildman–Crippen LogP) is 11.2. The fourth-order valence-corrected chi connectivity index (χ4v) is 5.14. The molecule has 0 aliphatic carbocycles. The smallest absolute Gasteiger partial charge is 0.397 e. The number of rotatable bonds is 26. The van der Waals surface area contributed by atoms with Crippen LogP contribution in [0.25, 0.3) is 0 Å². The average molecular weight is 495 g/mol. The maximum atomic E-state index is 6.03. The molecule has 0 saturated carbocycles. The van der Waals surface area contributed by atoms with Crippen LogP contribution in [0.5, 0.6) is 5.75 Å². The van der Waals surface area contributed by atoms with Crippen molar-refractivity contribution in [2.75, 3.05) is 13.2 Å². The summed E-state index contributed by atoms with van der Waals surface area (Å²) in [7, 11) is -1.31. The van der Waals surface area contributed by atoms with Gasteiger partial charge >= 0.3 is 8.60 Å². The fraction of sp³-hybridized carbons (Fsp3) is 0.800. The van der Waals surface area contributed by atoms with E-state index in [9.17, 15) is 0 Å². The van der Waals surface area contributed by atoms with Crippen molar-refractivity contribution in [3.63, 3.8) is 0 Å². The lowest BCUT2D eigenvalue weighted by atomic mass is 10.1. The number of para-hydroxylation sites is 1. The summed E-state index contributed by atoms with van der Waals surface area (Å²) >= 11 is 0. The molecule has 1 aromatic carbocycles. The van der Waals surface area contributed by atoms with Crippen molar-refractivity contribution < 1.29 is 13.6 Å². The number of benzene rings is 1. The van der Waals surface area contributed by atoms with Gasteiger partial charge in [-0.05, 0) is 25.0 Å². The van der Waals surface area contributed by atoms with E-state index in [4.69, 9.17) is 13.6 Å².